The minimum Gasteiger partial charge on any atom is -0.481 e. The molecule has 5 N–H and O–H groups in total. The molecular weight excluding hydrogens is 147 g/mol. The van der Waals surface area contributed by atoms with Crippen molar-refractivity contribution in [3.8, 4) is 0 Å². The van der Waals surface area contributed by atoms with Crippen molar-refractivity contribution in [1.82, 2.24) is 0 Å². The van der Waals surface area contributed by atoms with E-state index >= 15 is 0 Å². The van der Waals surface area contributed by atoms with Gasteiger partial charge in [0.2, 0.25) is 0 Å². The first-order chi connectivity index (χ1) is 1.73. The topological polar surface area (TPSA) is 100 Å². The second-order valence-electron chi connectivity index (χ2n) is 0.519. The summed E-state index contributed by atoms with van der Waals surface area (Å²) in [6.45, 7) is 1.08. The molecule has 0 spiro atoms. The van der Waals surface area contributed by atoms with Crippen molar-refractivity contribution < 1.29 is 37.6 Å². The second kappa shape index (κ2) is 16.9. The van der Waals surface area contributed by atoms with Gasteiger partial charge in [-0.3, -0.25) is 4.79 Å². The molecule has 1 radical (unpaired) electrons. The first kappa shape index (κ1) is 28.6. The zero-order valence-electron chi connectivity index (χ0n) is 3.69. The second-order valence-corrected chi connectivity index (χ2v) is 0.519. The Hall–Kier alpha value is -0.104. The minimum atomic E-state index is -0.833. The van der Waals surface area contributed by atoms with Gasteiger partial charge >= 0.3 is 0 Å². The van der Waals surface area contributed by atoms with Crippen molar-refractivity contribution in [1.29, 1.82) is 0 Å². The van der Waals surface area contributed by atoms with Gasteiger partial charge in [-0.1, -0.05) is 0 Å². The molecule has 0 unspecified atom stereocenters. The van der Waals surface area contributed by atoms with Crippen LogP contribution >= 0.6 is 0 Å². The number of aliphatic carboxylic acids is 1. The molecule has 4 nitrogen and oxygen atoms in total. The van der Waals surface area contributed by atoms with Crippen molar-refractivity contribution >= 4 is 5.97 Å². The van der Waals surface area contributed by atoms with E-state index in [-0.39, 0.29) is 27.7 Å². The summed E-state index contributed by atoms with van der Waals surface area (Å²) in [4.78, 5) is 9.00. The monoisotopic (exact) mass is 155 g/mol. The number of carbonyl (C=O) groups is 1. The predicted octanol–water partition coefficient (Wildman–Crippen LogP) is -1.56. The molecule has 7 heavy (non-hydrogen) atoms. The Kier molecular flexibility index (Phi) is 68.8. The van der Waals surface area contributed by atoms with Crippen LogP contribution < -0.4 is 0 Å². The summed E-state index contributed by atoms with van der Waals surface area (Å²) in [5.74, 6) is -0.833. The third kappa shape index (κ3) is 8360. The van der Waals surface area contributed by atoms with Gasteiger partial charge in [0, 0.05) is 23.7 Å². The molecule has 0 aromatic carbocycles. The standard InChI is InChI=1S/C2H4O2.Co.2H2O/c1-2(3)4;;;/h1H3,(H,3,4);;2*1H2. The molecule has 0 aromatic heterocycles. The Balaban J connectivity index is -0.0000000150. The van der Waals surface area contributed by atoms with E-state index in [9.17, 15) is 0 Å². The molecule has 0 saturated heterocycles. The quantitative estimate of drug-likeness (QED) is 0.457. The van der Waals surface area contributed by atoms with Crippen LogP contribution in [0.2, 0.25) is 0 Å². The van der Waals surface area contributed by atoms with Crippen LogP contribution in [0.25, 0.3) is 0 Å². The fourth-order valence-corrected chi connectivity index (χ4v) is 0. The van der Waals surface area contributed by atoms with E-state index in [1.165, 1.54) is 0 Å². The minimum absolute atomic E-state index is 0. The Labute approximate surface area is 51.3 Å². The maximum absolute atomic E-state index is 9.00. The molecule has 5 heteroatoms. The molecule has 0 aliphatic heterocycles. The van der Waals surface area contributed by atoms with Crippen molar-refractivity contribution in [2.45, 2.75) is 6.92 Å². The Morgan fingerprint density at radius 3 is 1.43 bits per heavy atom. The van der Waals surface area contributed by atoms with Crippen molar-refractivity contribution in [3.63, 3.8) is 0 Å². The number of carboxylic acids is 1. The third-order valence-electron chi connectivity index (χ3n) is 0. The van der Waals surface area contributed by atoms with Crippen LogP contribution in [0.4, 0.5) is 0 Å². The van der Waals surface area contributed by atoms with Gasteiger partial charge in [-0.25, -0.2) is 0 Å². The van der Waals surface area contributed by atoms with Gasteiger partial charge in [0.25, 0.3) is 5.97 Å². The molecule has 0 fully saturated rings. The van der Waals surface area contributed by atoms with E-state index in [1.54, 1.807) is 0 Å². The molecule has 0 aromatic rings. The molecule has 0 aliphatic rings. The SMILES string of the molecule is CC(=O)O.O.O.[Co]. The van der Waals surface area contributed by atoms with Gasteiger partial charge in [-0.2, -0.15) is 0 Å². The van der Waals surface area contributed by atoms with Crippen LogP contribution in [0.15, 0.2) is 0 Å². The fraction of sp³-hybridized carbons (Fsp3) is 0.500. The molecule has 0 rings (SSSR count). The van der Waals surface area contributed by atoms with Crippen LogP contribution in [0, 0.1) is 0 Å². The van der Waals surface area contributed by atoms with E-state index in [0.29, 0.717) is 0 Å². The summed E-state index contributed by atoms with van der Waals surface area (Å²) < 4.78 is 0. The van der Waals surface area contributed by atoms with Crippen LogP contribution in [-0.4, -0.2) is 22.0 Å². The van der Waals surface area contributed by atoms with Crippen LogP contribution in [0.3, 0.4) is 0 Å². The summed E-state index contributed by atoms with van der Waals surface area (Å²) in [5, 5.41) is 7.42. The average Bonchev–Trinajstić information content (AvgIpc) is 0.811. The molecule has 0 heterocycles. The van der Waals surface area contributed by atoms with E-state index in [1.807, 2.05) is 0 Å². The number of hydrogen-bond acceptors (Lipinski definition) is 1. The van der Waals surface area contributed by atoms with E-state index in [0.717, 1.165) is 6.92 Å². The number of rotatable bonds is 0. The zero-order chi connectivity index (χ0) is 3.58. The number of hydrogen-bond donors (Lipinski definition) is 1. The average molecular weight is 155 g/mol. The normalized spacial score (nSPS) is 3.57. The first-order valence-electron chi connectivity index (χ1n) is 0.928. The Bertz CT molecular complexity index is 32.7. The first-order valence-corrected chi connectivity index (χ1v) is 0.928. The zero-order valence-corrected chi connectivity index (χ0v) is 4.73. The van der Waals surface area contributed by atoms with Crippen LogP contribution in [0.1, 0.15) is 6.92 Å². The fourth-order valence-electron chi connectivity index (χ4n) is 0. The molecule has 0 bridgehead atoms. The van der Waals surface area contributed by atoms with Gasteiger partial charge in [0.15, 0.2) is 0 Å². The van der Waals surface area contributed by atoms with Gasteiger partial charge in [0.1, 0.15) is 0 Å². The summed E-state index contributed by atoms with van der Waals surface area (Å²) in [7, 11) is 0. The molecule has 0 aliphatic carbocycles. The van der Waals surface area contributed by atoms with Crippen molar-refractivity contribution in [2.75, 3.05) is 0 Å². The maximum Gasteiger partial charge on any atom is 0.300 e. The third-order valence-corrected chi connectivity index (χ3v) is 0. The summed E-state index contributed by atoms with van der Waals surface area (Å²) in [5.41, 5.74) is 0. The van der Waals surface area contributed by atoms with E-state index in [4.69, 9.17) is 9.90 Å². The van der Waals surface area contributed by atoms with E-state index < -0.39 is 5.97 Å². The summed E-state index contributed by atoms with van der Waals surface area (Å²) in [6, 6.07) is 0. The molecule has 0 atom stereocenters. The van der Waals surface area contributed by atoms with Gasteiger partial charge < -0.3 is 16.1 Å². The molecular formula is C2H8CoO4. The molecule has 0 saturated carbocycles. The molecule has 0 amide bonds. The van der Waals surface area contributed by atoms with Gasteiger partial charge in [0.05, 0.1) is 0 Å². The Morgan fingerprint density at radius 2 is 1.43 bits per heavy atom. The van der Waals surface area contributed by atoms with Gasteiger partial charge in [-0.05, 0) is 0 Å². The predicted molar refractivity (Wildman–Crippen MR) is 20.5 cm³/mol. The Morgan fingerprint density at radius 1 is 1.43 bits per heavy atom. The van der Waals surface area contributed by atoms with Gasteiger partial charge in [-0.15, -0.1) is 0 Å². The smallest absolute Gasteiger partial charge is 0.300 e. The summed E-state index contributed by atoms with van der Waals surface area (Å²) >= 11 is 0. The van der Waals surface area contributed by atoms with Crippen molar-refractivity contribution in [2.24, 2.45) is 0 Å². The molecule has 49 valence electrons. The van der Waals surface area contributed by atoms with Crippen LogP contribution in [-0.2, 0) is 21.6 Å². The number of carboxylic acid groups (broad SMARTS) is 1. The van der Waals surface area contributed by atoms with Crippen molar-refractivity contribution in [3.05, 3.63) is 0 Å². The summed E-state index contributed by atoms with van der Waals surface area (Å²) in [6.07, 6.45) is 0. The van der Waals surface area contributed by atoms with Crippen LogP contribution in [0.5, 0.6) is 0 Å². The largest absolute Gasteiger partial charge is 0.481 e. The maximum atomic E-state index is 9.00. The van der Waals surface area contributed by atoms with E-state index in [2.05, 4.69) is 0 Å².